The maximum Gasteiger partial charge on any atom is 0.272 e. The third kappa shape index (κ3) is 3.56. The highest BCUT2D eigenvalue weighted by Crippen LogP contribution is 2.25. The zero-order chi connectivity index (χ0) is 19.5. The highest BCUT2D eigenvalue weighted by molar-refractivity contribution is 5.94. The van der Waals surface area contributed by atoms with Gasteiger partial charge in [0.05, 0.1) is 24.1 Å². The van der Waals surface area contributed by atoms with Crippen LogP contribution >= 0.6 is 0 Å². The summed E-state index contributed by atoms with van der Waals surface area (Å²) in [7, 11) is 0. The number of amides is 1. The number of carbonyl (C=O) groups is 1. The number of piperidine rings is 1. The van der Waals surface area contributed by atoms with E-state index in [1.807, 2.05) is 66.7 Å². The van der Waals surface area contributed by atoms with Crippen LogP contribution in [0.15, 0.2) is 66.7 Å². The standard InChI is InChI=1S/C22H23N3O3/c26-15-17-14-24(12-11-21(17)27)22(28)20-13-19(16-7-3-1-4-8-16)23-25(20)18-9-5-2-6-10-18/h1-10,13,17,21,26-27H,11-12,14-15H2/t17-,21-/m1/s1. The number of carbonyl (C=O) groups excluding carboxylic acids is 1. The lowest BCUT2D eigenvalue weighted by Gasteiger charge is -2.35. The average Bonchev–Trinajstić information content (AvgIpc) is 3.20. The highest BCUT2D eigenvalue weighted by Gasteiger charge is 2.32. The predicted octanol–water partition coefficient (Wildman–Crippen LogP) is 2.35. The van der Waals surface area contributed by atoms with Crippen LogP contribution in [-0.4, -0.2) is 56.6 Å². The van der Waals surface area contributed by atoms with E-state index >= 15 is 0 Å². The van der Waals surface area contributed by atoms with Gasteiger partial charge in [-0.25, -0.2) is 4.68 Å². The van der Waals surface area contributed by atoms with E-state index in [9.17, 15) is 15.0 Å². The molecule has 0 spiro atoms. The quantitative estimate of drug-likeness (QED) is 0.732. The Bertz CT molecular complexity index is 940. The molecule has 6 heteroatoms. The van der Waals surface area contributed by atoms with Gasteiger partial charge in [-0.05, 0) is 24.6 Å². The Morgan fingerprint density at radius 3 is 2.43 bits per heavy atom. The second-order valence-corrected chi connectivity index (χ2v) is 7.08. The van der Waals surface area contributed by atoms with Crippen LogP contribution in [-0.2, 0) is 0 Å². The van der Waals surface area contributed by atoms with E-state index in [-0.39, 0.29) is 18.4 Å². The lowest BCUT2D eigenvalue weighted by molar-refractivity contribution is 0.00312. The van der Waals surface area contributed by atoms with Gasteiger partial charge in [0.2, 0.25) is 0 Å². The molecule has 6 nitrogen and oxygen atoms in total. The number of aromatic nitrogens is 2. The zero-order valence-electron chi connectivity index (χ0n) is 15.5. The Morgan fingerprint density at radius 2 is 1.75 bits per heavy atom. The Kier molecular flexibility index (Phi) is 5.23. The first-order valence-corrected chi connectivity index (χ1v) is 9.46. The van der Waals surface area contributed by atoms with Crippen molar-refractivity contribution in [1.82, 2.24) is 14.7 Å². The van der Waals surface area contributed by atoms with E-state index in [1.165, 1.54) is 0 Å². The van der Waals surface area contributed by atoms with Crippen molar-refractivity contribution in [2.75, 3.05) is 19.7 Å². The summed E-state index contributed by atoms with van der Waals surface area (Å²) in [6, 6.07) is 21.1. The molecule has 4 rings (SSSR count). The number of aliphatic hydroxyl groups is 2. The molecule has 2 N–H and O–H groups in total. The van der Waals surface area contributed by atoms with Gasteiger partial charge >= 0.3 is 0 Å². The summed E-state index contributed by atoms with van der Waals surface area (Å²) in [5.74, 6) is -0.469. The number of hydrogen-bond acceptors (Lipinski definition) is 4. The summed E-state index contributed by atoms with van der Waals surface area (Å²) in [5, 5.41) is 24.2. The Labute approximate surface area is 163 Å². The second-order valence-electron chi connectivity index (χ2n) is 7.08. The van der Waals surface area contributed by atoms with Crippen molar-refractivity contribution in [3.05, 3.63) is 72.4 Å². The van der Waals surface area contributed by atoms with Crippen LogP contribution in [0.1, 0.15) is 16.9 Å². The third-order valence-electron chi connectivity index (χ3n) is 5.21. The van der Waals surface area contributed by atoms with Crippen LogP contribution in [0.3, 0.4) is 0 Å². The number of aliphatic hydroxyl groups excluding tert-OH is 2. The summed E-state index contributed by atoms with van der Waals surface area (Å²) < 4.78 is 1.67. The van der Waals surface area contributed by atoms with Crippen molar-refractivity contribution in [3.8, 4) is 16.9 Å². The van der Waals surface area contributed by atoms with Gasteiger partial charge in [0.1, 0.15) is 5.69 Å². The molecule has 3 aromatic rings. The maximum absolute atomic E-state index is 13.3. The van der Waals surface area contributed by atoms with Crippen LogP contribution in [0.5, 0.6) is 0 Å². The molecule has 1 aliphatic rings. The molecule has 2 heterocycles. The molecule has 1 aliphatic heterocycles. The minimum absolute atomic E-state index is 0.141. The number of rotatable bonds is 4. The van der Waals surface area contributed by atoms with Crippen LogP contribution in [0.25, 0.3) is 16.9 Å². The van der Waals surface area contributed by atoms with Crippen LogP contribution in [0, 0.1) is 5.92 Å². The number of hydrogen-bond donors (Lipinski definition) is 2. The molecule has 0 aliphatic carbocycles. The lowest BCUT2D eigenvalue weighted by Crippen LogP contribution is -2.47. The molecule has 2 atom stereocenters. The maximum atomic E-state index is 13.3. The van der Waals surface area contributed by atoms with Crippen molar-refractivity contribution in [2.45, 2.75) is 12.5 Å². The van der Waals surface area contributed by atoms with Crippen LogP contribution in [0.4, 0.5) is 0 Å². The van der Waals surface area contributed by atoms with Gasteiger partial charge in [0, 0.05) is 24.6 Å². The molecule has 28 heavy (non-hydrogen) atoms. The first-order chi connectivity index (χ1) is 13.7. The Morgan fingerprint density at radius 1 is 1.07 bits per heavy atom. The number of likely N-dealkylation sites (tertiary alicyclic amines) is 1. The molecule has 144 valence electrons. The van der Waals surface area contributed by atoms with Crippen molar-refractivity contribution < 1.29 is 15.0 Å². The SMILES string of the molecule is O=C(c1cc(-c2ccccc2)nn1-c1ccccc1)N1CC[C@@H](O)[C@@H](CO)C1. The van der Waals surface area contributed by atoms with E-state index in [2.05, 4.69) is 0 Å². The molecule has 1 saturated heterocycles. The molecule has 0 bridgehead atoms. The molecule has 0 radical (unpaired) electrons. The molecule has 1 amide bonds. The second kappa shape index (κ2) is 7.96. The molecule has 1 fully saturated rings. The third-order valence-corrected chi connectivity index (χ3v) is 5.21. The van der Waals surface area contributed by atoms with Gasteiger partial charge in [-0.15, -0.1) is 0 Å². The van der Waals surface area contributed by atoms with Gasteiger partial charge < -0.3 is 15.1 Å². The van der Waals surface area contributed by atoms with Crippen LogP contribution in [0.2, 0.25) is 0 Å². The fourth-order valence-corrected chi connectivity index (χ4v) is 3.60. The fraction of sp³-hybridized carbons (Fsp3) is 0.273. The van der Waals surface area contributed by atoms with E-state index in [4.69, 9.17) is 5.10 Å². The summed E-state index contributed by atoms with van der Waals surface area (Å²) in [4.78, 5) is 15.0. The summed E-state index contributed by atoms with van der Waals surface area (Å²) in [5.41, 5.74) is 2.94. The number of nitrogens with zero attached hydrogens (tertiary/aromatic N) is 3. The normalized spacial score (nSPS) is 19.6. The molecule has 2 aromatic carbocycles. The van der Waals surface area contributed by atoms with Gasteiger partial charge in [0.15, 0.2) is 0 Å². The fourth-order valence-electron chi connectivity index (χ4n) is 3.60. The first-order valence-electron chi connectivity index (χ1n) is 9.46. The van der Waals surface area contributed by atoms with Crippen LogP contribution < -0.4 is 0 Å². The molecular weight excluding hydrogens is 354 g/mol. The average molecular weight is 377 g/mol. The summed E-state index contributed by atoms with van der Waals surface area (Å²) >= 11 is 0. The Hall–Kier alpha value is -2.96. The lowest BCUT2D eigenvalue weighted by atomic mass is 9.95. The highest BCUT2D eigenvalue weighted by atomic mass is 16.3. The smallest absolute Gasteiger partial charge is 0.272 e. The van der Waals surface area contributed by atoms with E-state index < -0.39 is 6.10 Å². The topological polar surface area (TPSA) is 78.6 Å². The van der Waals surface area contributed by atoms with E-state index in [0.29, 0.717) is 25.2 Å². The largest absolute Gasteiger partial charge is 0.396 e. The number of benzene rings is 2. The minimum Gasteiger partial charge on any atom is -0.396 e. The summed E-state index contributed by atoms with van der Waals surface area (Å²) in [6.45, 7) is 0.645. The van der Waals surface area contributed by atoms with Crippen molar-refractivity contribution in [2.24, 2.45) is 5.92 Å². The Balaban J connectivity index is 1.73. The summed E-state index contributed by atoms with van der Waals surface area (Å²) in [6.07, 6.45) is -0.116. The molecule has 0 saturated carbocycles. The van der Waals surface area contributed by atoms with Gasteiger partial charge in [-0.1, -0.05) is 48.5 Å². The predicted molar refractivity (Wildman–Crippen MR) is 106 cm³/mol. The molecule has 0 unspecified atom stereocenters. The van der Waals surface area contributed by atoms with E-state index in [0.717, 1.165) is 16.9 Å². The van der Waals surface area contributed by atoms with E-state index in [1.54, 1.807) is 9.58 Å². The van der Waals surface area contributed by atoms with Crippen molar-refractivity contribution in [1.29, 1.82) is 0 Å². The van der Waals surface area contributed by atoms with Gasteiger partial charge in [-0.2, -0.15) is 5.10 Å². The number of para-hydroxylation sites is 1. The van der Waals surface area contributed by atoms with Crippen molar-refractivity contribution in [3.63, 3.8) is 0 Å². The molecule has 1 aromatic heterocycles. The van der Waals surface area contributed by atoms with Gasteiger partial charge in [-0.3, -0.25) is 4.79 Å². The van der Waals surface area contributed by atoms with Gasteiger partial charge in [0.25, 0.3) is 5.91 Å². The minimum atomic E-state index is -0.576. The van der Waals surface area contributed by atoms with Crippen molar-refractivity contribution >= 4 is 5.91 Å². The zero-order valence-corrected chi connectivity index (χ0v) is 15.5. The first kappa shape index (κ1) is 18.4. The molecular formula is C22H23N3O3. The monoisotopic (exact) mass is 377 g/mol.